The molecule has 44 valence electrons. The summed E-state index contributed by atoms with van der Waals surface area (Å²) in [6.45, 7) is 7.06. The number of thiol groups is 2. The van der Waals surface area contributed by atoms with E-state index < -0.39 is 0 Å². The molecule has 0 saturated heterocycles. The van der Waals surface area contributed by atoms with Crippen molar-refractivity contribution in [3.63, 3.8) is 0 Å². The van der Waals surface area contributed by atoms with Crippen molar-refractivity contribution in [1.82, 2.24) is 0 Å². The second-order valence-electron chi connectivity index (χ2n) is 1.32. The molecule has 0 N–H and O–H groups in total. The van der Waals surface area contributed by atoms with E-state index in [9.17, 15) is 0 Å². The highest BCUT2D eigenvalue weighted by molar-refractivity contribution is 7.85. The molecular weight excluding hydrogens is 136 g/mol. The fraction of sp³-hybridized carbons (Fsp3) is 0. The van der Waals surface area contributed by atoms with E-state index >= 15 is 0 Å². The smallest absolute Gasteiger partial charge is 0.00316 e. The summed E-state index contributed by atoms with van der Waals surface area (Å²) in [5.74, 6) is 0. The van der Waals surface area contributed by atoms with Crippen LogP contribution in [0.2, 0.25) is 0 Å². The van der Waals surface area contributed by atoms with E-state index in [-0.39, 0.29) is 0 Å². The molecule has 0 aromatic carbocycles. The minimum Gasteiger partial charge on any atom is -0.144 e. The zero-order valence-corrected chi connectivity index (χ0v) is 6.25. The quantitative estimate of drug-likeness (QED) is 0.431. The molecule has 0 saturated carbocycles. The first-order valence-electron chi connectivity index (χ1n) is 2.07. The highest BCUT2D eigenvalue weighted by Crippen LogP contribution is 2.02. The molecule has 0 aromatic rings. The lowest BCUT2D eigenvalue weighted by atomic mass is 10.5. The van der Waals surface area contributed by atoms with Crippen LogP contribution in [-0.2, 0) is 0 Å². The summed E-state index contributed by atoms with van der Waals surface area (Å²) in [7, 11) is 0. The van der Waals surface area contributed by atoms with E-state index in [0.717, 1.165) is 0 Å². The molecule has 0 bridgehead atoms. The van der Waals surface area contributed by atoms with Crippen LogP contribution in [0.25, 0.3) is 0 Å². The molecule has 0 unspecified atom stereocenters. The molecule has 8 heavy (non-hydrogen) atoms. The van der Waals surface area contributed by atoms with Crippen molar-refractivity contribution in [2.75, 3.05) is 0 Å². The van der Waals surface area contributed by atoms with Gasteiger partial charge in [0.15, 0.2) is 0 Å². The van der Waals surface area contributed by atoms with Gasteiger partial charge in [0.05, 0.1) is 0 Å². The van der Waals surface area contributed by atoms with E-state index in [1.165, 1.54) is 0 Å². The summed E-state index contributed by atoms with van der Waals surface area (Å²) in [4.78, 5) is 1.42. The van der Waals surface area contributed by atoms with Crippen LogP contribution < -0.4 is 0 Å². The third-order valence-corrected chi connectivity index (χ3v) is 0.766. The molecule has 0 aliphatic rings. The average molecular weight is 144 g/mol. The Morgan fingerprint density at radius 2 is 1.25 bits per heavy atom. The van der Waals surface area contributed by atoms with Gasteiger partial charge in [-0.2, -0.15) is 0 Å². The van der Waals surface area contributed by atoms with Crippen molar-refractivity contribution < 1.29 is 0 Å². The number of allylic oxidation sites excluding steroid dienone is 2. The molecule has 0 nitrogen and oxygen atoms in total. The Labute approximate surface area is 60.8 Å². The maximum Gasteiger partial charge on any atom is -0.00316 e. The second-order valence-corrected chi connectivity index (χ2v) is 2.46. The minimum absolute atomic E-state index is 0.709. The summed E-state index contributed by atoms with van der Waals surface area (Å²) < 4.78 is 0. The Hall–Kier alpha value is -0.0800. The van der Waals surface area contributed by atoms with Gasteiger partial charge in [-0.25, -0.2) is 0 Å². The molecule has 0 atom stereocenters. The van der Waals surface area contributed by atoms with Crippen molar-refractivity contribution in [3.05, 3.63) is 35.1 Å². The van der Waals surface area contributed by atoms with Crippen molar-refractivity contribution in [2.45, 2.75) is 0 Å². The maximum atomic E-state index is 3.92. The predicted octanol–water partition coefficient (Wildman–Crippen LogP) is 2.43. The van der Waals surface area contributed by atoms with Crippen molar-refractivity contribution in [3.8, 4) is 0 Å². The zero-order chi connectivity index (χ0) is 6.57. The van der Waals surface area contributed by atoms with Crippen LogP contribution >= 0.6 is 25.3 Å². The molecular formula is C6H8S2. The topological polar surface area (TPSA) is 0 Å². The lowest BCUT2D eigenvalue weighted by molar-refractivity contribution is 1.91. The molecule has 0 rings (SSSR count). The highest BCUT2D eigenvalue weighted by Gasteiger charge is 1.74. The number of hydrogen-bond acceptors (Lipinski definition) is 2. The molecule has 0 aromatic heterocycles. The summed E-state index contributed by atoms with van der Waals surface area (Å²) in [5.41, 5.74) is 0. The third-order valence-electron chi connectivity index (χ3n) is 0.468. The van der Waals surface area contributed by atoms with Crippen molar-refractivity contribution >= 4 is 25.3 Å². The molecule has 0 fully saturated rings. The molecule has 0 radical (unpaired) electrons. The van der Waals surface area contributed by atoms with E-state index in [0.29, 0.717) is 9.81 Å². The van der Waals surface area contributed by atoms with E-state index in [4.69, 9.17) is 0 Å². The summed E-state index contributed by atoms with van der Waals surface area (Å²) >= 11 is 7.83. The third kappa shape index (κ3) is 5.92. The zero-order valence-electron chi connectivity index (χ0n) is 4.46. The van der Waals surface area contributed by atoms with Gasteiger partial charge in [-0.05, 0) is 22.0 Å². The largest absolute Gasteiger partial charge is 0.144 e. The van der Waals surface area contributed by atoms with Crippen molar-refractivity contribution in [2.24, 2.45) is 0 Å². The Morgan fingerprint density at radius 3 is 1.38 bits per heavy atom. The van der Waals surface area contributed by atoms with E-state index in [2.05, 4.69) is 38.4 Å². The van der Waals surface area contributed by atoms with Crippen molar-refractivity contribution in [1.29, 1.82) is 0 Å². The van der Waals surface area contributed by atoms with Gasteiger partial charge in [-0.15, -0.1) is 25.3 Å². The summed E-state index contributed by atoms with van der Waals surface area (Å²) in [5, 5.41) is 0. The fourth-order valence-electron chi connectivity index (χ4n) is 0.192. The number of rotatable bonds is 2. The maximum absolute atomic E-state index is 3.92. The predicted molar refractivity (Wildman–Crippen MR) is 45.4 cm³/mol. The molecule has 0 amide bonds. The van der Waals surface area contributed by atoms with E-state index in [1.54, 1.807) is 12.2 Å². The standard InChI is InChI=1S/C6H8S2/c1-5(7)3-4-6(2)8/h3-4,7-8H,1-2H2/b4-3-. The molecule has 0 spiro atoms. The first kappa shape index (κ1) is 7.92. The van der Waals surface area contributed by atoms with Crippen LogP contribution in [0.1, 0.15) is 0 Å². The minimum atomic E-state index is 0.709. The first-order chi connectivity index (χ1) is 3.63. The van der Waals surface area contributed by atoms with Gasteiger partial charge in [0.1, 0.15) is 0 Å². The molecule has 0 aliphatic heterocycles. The fourth-order valence-corrected chi connectivity index (χ4v) is 0.341. The van der Waals surface area contributed by atoms with Gasteiger partial charge in [0, 0.05) is 0 Å². The molecule has 2 heteroatoms. The SMILES string of the molecule is C=C(S)/C=C\C(=C)S. The number of hydrogen-bond donors (Lipinski definition) is 2. The van der Waals surface area contributed by atoms with Crippen LogP contribution in [0.4, 0.5) is 0 Å². The van der Waals surface area contributed by atoms with Gasteiger partial charge >= 0.3 is 0 Å². The summed E-state index contributed by atoms with van der Waals surface area (Å²) in [6.07, 6.45) is 3.47. The Kier molecular flexibility index (Phi) is 3.83. The Morgan fingerprint density at radius 1 is 1.00 bits per heavy atom. The highest BCUT2D eigenvalue weighted by atomic mass is 32.1. The Bertz CT molecular complexity index is 117. The first-order valence-corrected chi connectivity index (χ1v) is 2.96. The van der Waals surface area contributed by atoms with Crippen LogP contribution in [0.15, 0.2) is 35.1 Å². The summed E-state index contributed by atoms with van der Waals surface area (Å²) in [6, 6.07) is 0. The average Bonchev–Trinajstić information content (AvgIpc) is 1.61. The van der Waals surface area contributed by atoms with Gasteiger partial charge in [-0.3, -0.25) is 0 Å². The molecule has 0 aliphatic carbocycles. The van der Waals surface area contributed by atoms with Crippen LogP contribution in [0.3, 0.4) is 0 Å². The lowest BCUT2D eigenvalue weighted by Gasteiger charge is -1.82. The van der Waals surface area contributed by atoms with Gasteiger partial charge in [0.25, 0.3) is 0 Å². The van der Waals surface area contributed by atoms with Gasteiger partial charge in [-0.1, -0.05) is 13.2 Å². The lowest BCUT2D eigenvalue weighted by Crippen LogP contribution is -1.57. The van der Waals surface area contributed by atoms with Gasteiger partial charge in [0.2, 0.25) is 0 Å². The van der Waals surface area contributed by atoms with Gasteiger partial charge < -0.3 is 0 Å². The van der Waals surface area contributed by atoms with Crippen LogP contribution in [0, 0.1) is 0 Å². The molecule has 0 heterocycles. The Balaban J connectivity index is 3.67. The second kappa shape index (κ2) is 3.87. The monoisotopic (exact) mass is 144 g/mol. The van der Waals surface area contributed by atoms with Crippen LogP contribution in [-0.4, -0.2) is 0 Å². The van der Waals surface area contributed by atoms with Crippen LogP contribution in [0.5, 0.6) is 0 Å². The normalized spacial score (nSPS) is 9.75. The van der Waals surface area contributed by atoms with E-state index in [1.807, 2.05) is 0 Å².